The lowest BCUT2D eigenvalue weighted by atomic mass is 9.92. The summed E-state index contributed by atoms with van der Waals surface area (Å²) in [6.45, 7) is 5.22. The fraction of sp³-hybridized carbons (Fsp3) is 0.714. The van der Waals surface area contributed by atoms with Crippen molar-refractivity contribution in [2.75, 3.05) is 0 Å². The lowest BCUT2D eigenvalue weighted by Crippen LogP contribution is -2.41. The highest BCUT2D eigenvalue weighted by atomic mass is 16.3. The molecule has 2 heteroatoms. The summed E-state index contributed by atoms with van der Waals surface area (Å²) in [4.78, 5) is 0. The highest BCUT2D eigenvalue weighted by Gasteiger charge is 2.24. The Morgan fingerprint density at radius 1 is 1.19 bits per heavy atom. The van der Waals surface area contributed by atoms with E-state index < -0.39 is 0 Å². The Balaban J connectivity index is 1.87. The number of furan rings is 1. The van der Waals surface area contributed by atoms with Crippen LogP contribution in [0, 0.1) is 6.92 Å². The van der Waals surface area contributed by atoms with Crippen LogP contribution < -0.4 is 5.32 Å². The smallest absolute Gasteiger partial charge is 0.117 e. The molecule has 1 N–H and O–H groups in total. The summed E-state index contributed by atoms with van der Waals surface area (Å²) in [5, 5.41) is 3.67. The zero-order chi connectivity index (χ0) is 11.4. The molecular formula is C14H23NO. The van der Waals surface area contributed by atoms with Gasteiger partial charge in [-0.15, -0.1) is 0 Å². The number of hydrogen-bond acceptors (Lipinski definition) is 2. The third kappa shape index (κ3) is 3.11. The van der Waals surface area contributed by atoms with E-state index in [2.05, 4.69) is 18.3 Å². The Labute approximate surface area is 98.4 Å². The van der Waals surface area contributed by atoms with Crippen LogP contribution in [0.5, 0.6) is 0 Å². The fourth-order valence-corrected chi connectivity index (χ4v) is 2.57. The number of hydrogen-bond donors (Lipinski definition) is 1. The van der Waals surface area contributed by atoms with Crippen molar-refractivity contribution in [1.29, 1.82) is 0 Å². The predicted molar refractivity (Wildman–Crippen MR) is 66.4 cm³/mol. The molecule has 90 valence electrons. The Kier molecular flexibility index (Phi) is 3.70. The highest BCUT2D eigenvalue weighted by molar-refractivity contribution is 5.05. The van der Waals surface area contributed by atoms with Gasteiger partial charge < -0.3 is 9.73 Å². The Morgan fingerprint density at radius 2 is 1.88 bits per heavy atom. The number of rotatable bonds is 3. The molecule has 1 aliphatic carbocycles. The molecule has 0 bridgehead atoms. The lowest BCUT2D eigenvalue weighted by Gasteiger charge is -2.29. The van der Waals surface area contributed by atoms with Crippen LogP contribution in [0.3, 0.4) is 0 Å². The van der Waals surface area contributed by atoms with Crippen LogP contribution in [-0.4, -0.2) is 5.54 Å². The van der Waals surface area contributed by atoms with Crippen LogP contribution in [0.15, 0.2) is 16.5 Å². The maximum Gasteiger partial charge on any atom is 0.117 e. The van der Waals surface area contributed by atoms with Gasteiger partial charge in [-0.2, -0.15) is 0 Å². The van der Waals surface area contributed by atoms with Crippen LogP contribution in [0.4, 0.5) is 0 Å². The van der Waals surface area contributed by atoms with Crippen molar-refractivity contribution in [2.45, 2.75) is 64.5 Å². The zero-order valence-corrected chi connectivity index (χ0v) is 10.5. The third-order valence-corrected chi connectivity index (χ3v) is 3.69. The van der Waals surface area contributed by atoms with Crippen molar-refractivity contribution in [3.63, 3.8) is 0 Å². The van der Waals surface area contributed by atoms with Crippen LogP contribution >= 0.6 is 0 Å². The predicted octanol–water partition coefficient (Wildman–Crippen LogP) is 3.79. The second kappa shape index (κ2) is 5.05. The van der Waals surface area contributed by atoms with E-state index in [9.17, 15) is 0 Å². The van der Waals surface area contributed by atoms with E-state index in [4.69, 9.17) is 4.42 Å². The maximum atomic E-state index is 5.59. The molecule has 0 aromatic carbocycles. The summed E-state index contributed by atoms with van der Waals surface area (Å²) in [7, 11) is 0. The molecule has 1 aromatic rings. The zero-order valence-electron chi connectivity index (χ0n) is 10.5. The Morgan fingerprint density at radius 3 is 2.44 bits per heavy atom. The SMILES string of the molecule is Cc1ccc(CNC2(C)CCCCCC2)o1. The van der Waals surface area contributed by atoms with Crippen molar-refractivity contribution in [3.8, 4) is 0 Å². The molecule has 1 heterocycles. The minimum atomic E-state index is 0.317. The maximum absolute atomic E-state index is 5.59. The third-order valence-electron chi connectivity index (χ3n) is 3.69. The normalized spacial score (nSPS) is 20.6. The van der Waals surface area contributed by atoms with Crippen LogP contribution in [0.2, 0.25) is 0 Å². The molecule has 1 saturated carbocycles. The summed E-state index contributed by atoms with van der Waals surface area (Å²) < 4.78 is 5.59. The molecule has 0 saturated heterocycles. The van der Waals surface area contributed by atoms with Crippen molar-refractivity contribution in [3.05, 3.63) is 23.7 Å². The van der Waals surface area contributed by atoms with E-state index in [-0.39, 0.29) is 0 Å². The van der Waals surface area contributed by atoms with Crippen molar-refractivity contribution in [1.82, 2.24) is 5.32 Å². The molecular weight excluding hydrogens is 198 g/mol. The first-order chi connectivity index (χ1) is 7.68. The van der Waals surface area contributed by atoms with Gasteiger partial charge >= 0.3 is 0 Å². The van der Waals surface area contributed by atoms with E-state index in [1.54, 1.807) is 0 Å². The molecule has 0 spiro atoms. The molecule has 0 amide bonds. The average Bonchev–Trinajstić information content (AvgIpc) is 2.54. The second-order valence-corrected chi connectivity index (χ2v) is 5.34. The van der Waals surface area contributed by atoms with Crippen molar-refractivity contribution in [2.24, 2.45) is 0 Å². The van der Waals surface area contributed by atoms with Crippen molar-refractivity contribution < 1.29 is 4.42 Å². The number of aryl methyl sites for hydroxylation is 1. The van der Waals surface area contributed by atoms with Gasteiger partial charge in [0.1, 0.15) is 11.5 Å². The van der Waals surface area contributed by atoms with Crippen LogP contribution in [0.1, 0.15) is 57.0 Å². The van der Waals surface area contributed by atoms with Gasteiger partial charge in [0, 0.05) is 5.54 Å². The summed E-state index contributed by atoms with van der Waals surface area (Å²) in [6.07, 6.45) is 8.12. The summed E-state index contributed by atoms with van der Waals surface area (Å²) in [5.41, 5.74) is 0.317. The van der Waals surface area contributed by atoms with Gasteiger partial charge in [-0.25, -0.2) is 0 Å². The van der Waals surface area contributed by atoms with E-state index in [0.29, 0.717) is 5.54 Å². The molecule has 0 radical (unpaired) electrons. The standard InChI is InChI=1S/C14H23NO/c1-12-7-8-13(16-12)11-15-14(2)9-5-3-4-6-10-14/h7-8,15H,3-6,9-11H2,1-2H3. The van der Waals surface area contributed by atoms with E-state index in [0.717, 1.165) is 18.1 Å². The monoisotopic (exact) mass is 221 g/mol. The largest absolute Gasteiger partial charge is 0.465 e. The Bertz CT molecular complexity index is 321. The van der Waals surface area contributed by atoms with Gasteiger partial charge in [0.15, 0.2) is 0 Å². The first-order valence-corrected chi connectivity index (χ1v) is 6.48. The summed E-state index contributed by atoms with van der Waals surface area (Å²) in [6, 6.07) is 4.11. The summed E-state index contributed by atoms with van der Waals surface area (Å²) >= 11 is 0. The average molecular weight is 221 g/mol. The van der Waals surface area contributed by atoms with Gasteiger partial charge in [-0.3, -0.25) is 0 Å². The van der Waals surface area contributed by atoms with Gasteiger partial charge in [0.05, 0.1) is 6.54 Å². The minimum absolute atomic E-state index is 0.317. The quantitative estimate of drug-likeness (QED) is 0.786. The lowest BCUT2D eigenvalue weighted by molar-refractivity contribution is 0.297. The van der Waals surface area contributed by atoms with Crippen LogP contribution in [-0.2, 0) is 6.54 Å². The van der Waals surface area contributed by atoms with Gasteiger partial charge in [0.2, 0.25) is 0 Å². The van der Waals surface area contributed by atoms with E-state index >= 15 is 0 Å². The van der Waals surface area contributed by atoms with E-state index in [1.807, 2.05) is 13.0 Å². The first-order valence-electron chi connectivity index (χ1n) is 6.48. The molecule has 2 rings (SSSR count). The van der Waals surface area contributed by atoms with Gasteiger partial charge in [0.25, 0.3) is 0 Å². The van der Waals surface area contributed by atoms with E-state index in [1.165, 1.54) is 38.5 Å². The Hall–Kier alpha value is -0.760. The summed E-state index contributed by atoms with van der Waals surface area (Å²) in [5.74, 6) is 2.06. The molecule has 16 heavy (non-hydrogen) atoms. The number of nitrogens with one attached hydrogen (secondary N) is 1. The fourth-order valence-electron chi connectivity index (χ4n) is 2.57. The van der Waals surface area contributed by atoms with Gasteiger partial charge in [-0.1, -0.05) is 25.7 Å². The topological polar surface area (TPSA) is 25.2 Å². The van der Waals surface area contributed by atoms with Crippen molar-refractivity contribution >= 4 is 0 Å². The second-order valence-electron chi connectivity index (χ2n) is 5.34. The molecule has 1 aliphatic rings. The minimum Gasteiger partial charge on any atom is -0.465 e. The molecule has 0 atom stereocenters. The molecule has 1 aromatic heterocycles. The molecule has 2 nitrogen and oxygen atoms in total. The molecule has 1 fully saturated rings. The van der Waals surface area contributed by atoms with Gasteiger partial charge in [-0.05, 0) is 38.8 Å². The first kappa shape index (κ1) is 11.7. The molecule has 0 aliphatic heterocycles. The highest BCUT2D eigenvalue weighted by Crippen LogP contribution is 2.26. The molecule has 0 unspecified atom stereocenters. The van der Waals surface area contributed by atoms with Crippen LogP contribution in [0.25, 0.3) is 0 Å².